The first kappa shape index (κ1) is 19.1. The number of nitrogens with zero attached hydrogens (tertiary/aromatic N) is 2. The standard InChI is InChI=1S/C19H25N3O5/c1-21(11-16(23)22-8-6-12(7-9-22)19(26)27)18(25)14-10-13-4-2-3-5-15(13)20-17(14)24/h10,12H,2-9,11H2,1H3,(H,20,24)(H,26,27). The fraction of sp³-hybridized carbons (Fsp3) is 0.579. The van der Waals surface area contributed by atoms with Crippen LogP contribution in [0.2, 0.25) is 0 Å². The van der Waals surface area contributed by atoms with Gasteiger partial charge in [0.25, 0.3) is 11.5 Å². The number of H-pyrrole nitrogens is 1. The Morgan fingerprint density at radius 1 is 1.22 bits per heavy atom. The van der Waals surface area contributed by atoms with Crippen LogP contribution >= 0.6 is 0 Å². The number of carboxylic acids is 1. The maximum absolute atomic E-state index is 12.7. The number of aliphatic carboxylic acids is 1. The van der Waals surface area contributed by atoms with E-state index < -0.39 is 23.4 Å². The van der Waals surface area contributed by atoms with Crippen molar-refractivity contribution in [1.82, 2.24) is 14.8 Å². The highest BCUT2D eigenvalue weighted by Gasteiger charge is 2.28. The third-order valence-electron chi connectivity index (χ3n) is 5.48. The molecule has 0 radical (unpaired) electrons. The zero-order valence-electron chi connectivity index (χ0n) is 15.5. The highest BCUT2D eigenvalue weighted by Crippen LogP contribution is 2.19. The largest absolute Gasteiger partial charge is 0.481 e. The van der Waals surface area contributed by atoms with Crippen molar-refractivity contribution in [2.45, 2.75) is 38.5 Å². The summed E-state index contributed by atoms with van der Waals surface area (Å²) in [4.78, 5) is 54.0. The first-order chi connectivity index (χ1) is 12.9. The molecule has 1 aliphatic heterocycles. The lowest BCUT2D eigenvalue weighted by molar-refractivity contribution is -0.145. The maximum Gasteiger partial charge on any atom is 0.306 e. The van der Waals surface area contributed by atoms with E-state index in [-0.39, 0.29) is 18.0 Å². The Bertz CT molecular complexity index is 808. The van der Waals surface area contributed by atoms with E-state index >= 15 is 0 Å². The third-order valence-corrected chi connectivity index (χ3v) is 5.48. The van der Waals surface area contributed by atoms with Crippen molar-refractivity contribution in [3.05, 3.63) is 33.2 Å². The van der Waals surface area contributed by atoms with Crippen LogP contribution in [0.4, 0.5) is 0 Å². The van der Waals surface area contributed by atoms with Crippen molar-refractivity contribution in [2.24, 2.45) is 5.92 Å². The lowest BCUT2D eigenvalue weighted by atomic mass is 9.95. The number of piperidine rings is 1. The lowest BCUT2D eigenvalue weighted by Gasteiger charge is -2.31. The second-order valence-corrected chi connectivity index (χ2v) is 7.38. The van der Waals surface area contributed by atoms with E-state index in [2.05, 4.69) is 4.98 Å². The summed E-state index contributed by atoms with van der Waals surface area (Å²) >= 11 is 0. The number of pyridine rings is 1. The topological polar surface area (TPSA) is 111 Å². The molecule has 2 N–H and O–H groups in total. The summed E-state index contributed by atoms with van der Waals surface area (Å²) in [7, 11) is 1.50. The van der Waals surface area contributed by atoms with E-state index in [9.17, 15) is 19.2 Å². The molecule has 8 heteroatoms. The molecular weight excluding hydrogens is 350 g/mol. The fourth-order valence-corrected chi connectivity index (χ4v) is 3.79. The van der Waals surface area contributed by atoms with Crippen LogP contribution in [0, 0.1) is 5.92 Å². The molecule has 8 nitrogen and oxygen atoms in total. The van der Waals surface area contributed by atoms with E-state index in [1.165, 1.54) is 11.9 Å². The van der Waals surface area contributed by atoms with E-state index in [0.29, 0.717) is 25.9 Å². The zero-order chi connectivity index (χ0) is 19.6. The van der Waals surface area contributed by atoms with Gasteiger partial charge in [-0.3, -0.25) is 19.2 Å². The number of aromatic nitrogens is 1. The molecule has 3 rings (SSSR count). The first-order valence-electron chi connectivity index (χ1n) is 9.38. The molecule has 27 heavy (non-hydrogen) atoms. The maximum atomic E-state index is 12.7. The molecule has 1 aromatic rings. The Morgan fingerprint density at radius 2 is 1.89 bits per heavy atom. The predicted octanol–water partition coefficient (Wildman–Crippen LogP) is 0.649. The highest BCUT2D eigenvalue weighted by atomic mass is 16.4. The van der Waals surface area contributed by atoms with Crippen LogP contribution in [0.1, 0.15) is 47.3 Å². The average molecular weight is 375 g/mol. The van der Waals surface area contributed by atoms with Crippen molar-refractivity contribution in [3.8, 4) is 0 Å². The van der Waals surface area contributed by atoms with Gasteiger partial charge < -0.3 is 19.9 Å². The van der Waals surface area contributed by atoms with Gasteiger partial charge in [-0.1, -0.05) is 0 Å². The number of fused-ring (bicyclic) bond motifs is 1. The minimum absolute atomic E-state index is 0.0653. The predicted molar refractivity (Wildman–Crippen MR) is 97.6 cm³/mol. The average Bonchev–Trinajstić information content (AvgIpc) is 2.66. The summed E-state index contributed by atoms with van der Waals surface area (Å²) in [5.74, 6) is -1.95. The van der Waals surface area contributed by atoms with Gasteiger partial charge in [0.05, 0.1) is 12.5 Å². The first-order valence-corrected chi connectivity index (χ1v) is 9.38. The molecule has 0 bridgehead atoms. The van der Waals surface area contributed by atoms with Gasteiger partial charge in [-0.05, 0) is 50.2 Å². The number of hydrogen-bond acceptors (Lipinski definition) is 4. The summed E-state index contributed by atoms with van der Waals surface area (Å²) in [6.45, 7) is 0.613. The monoisotopic (exact) mass is 375 g/mol. The van der Waals surface area contributed by atoms with E-state index in [4.69, 9.17) is 5.11 Å². The molecule has 0 aromatic carbocycles. The van der Waals surface area contributed by atoms with Crippen LogP contribution in [-0.2, 0) is 22.4 Å². The Hall–Kier alpha value is -2.64. The molecule has 0 unspecified atom stereocenters. The number of nitrogens with one attached hydrogen (secondary N) is 1. The number of amides is 2. The van der Waals surface area contributed by atoms with E-state index in [1.54, 1.807) is 11.0 Å². The number of aryl methyl sites for hydroxylation is 2. The van der Waals surface area contributed by atoms with Crippen LogP contribution in [0.3, 0.4) is 0 Å². The molecule has 146 valence electrons. The van der Waals surface area contributed by atoms with Gasteiger partial charge in [0.1, 0.15) is 5.56 Å². The summed E-state index contributed by atoms with van der Waals surface area (Å²) in [6, 6.07) is 1.66. The lowest BCUT2D eigenvalue weighted by Crippen LogP contribution is -2.46. The van der Waals surface area contributed by atoms with Crippen LogP contribution in [0.15, 0.2) is 10.9 Å². The number of rotatable bonds is 4. The second-order valence-electron chi connectivity index (χ2n) is 7.38. The van der Waals surface area contributed by atoms with Crippen molar-refractivity contribution in [2.75, 3.05) is 26.7 Å². The number of carboxylic acid groups (broad SMARTS) is 1. The van der Waals surface area contributed by atoms with Gasteiger partial charge in [-0.25, -0.2) is 0 Å². The number of carbonyl (C=O) groups is 3. The van der Waals surface area contributed by atoms with E-state index in [1.807, 2.05) is 0 Å². The smallest absolute Gasteiger partial charge is 0.306 e. The molecule has 1 aliphatic carbocycles. The number of carbonyl (C=O) groups excluding carboxylic acids is 2. The number of hydrogen-bond donors (Lipinski definition) is 2. The van der Waals surface area contributed by atoms with Gasteiger partial charge in [-0.2, -0.15) is 0 Å². The third kappa shape index (κ3) is 4.20. The Labute approximate surface area is 157 Å². The molecule has 2 amide bonds. The number of likely N-dealkylation sites (tertiary alicyclic amines) is 1. The van der Waals surface area contributed by atoms with Gasteiger partial charge >= 0.3 is 5.97 Å². The quantitative estimate of drug-likeness (QED) is 0.803. The summed E-state index contributed by atoms with van der Waals surface area (Å²) in [5, 5.41) is 9.03. The van der Waals surface area contributed by atoms with Crippen molar-refractivity contribution >= 4 is 17.8 Å². The molecule has 1 fully saturated rings. The summed E-state index contributed by atoms with van der Waals surface area (Å²) in [5.41, 5.74) is 1.56. The normalized spacial score (nSPS) is 17.3. The van der Waals surface area contributed by atoms with Gasteiger partial charge in [0.15, 0.2) is 0 Å². The highest BCUT2D eigenvalue weighted by molar-refractivity contribution is 5.96. The molecule has 1 aromatic heterocycles. The Kier molecular flexibility index (Phi) is 5.62. The van der Waals surface area contributed by atoms with Crippen molar-refractivity contribution < 1.29 is 19.5 Å². The van der Waals surface area contributed by atoms with E-state index in [0.717, 1.165) is 36.9 Å². The number of aromatic amines is 1. The van der Waals surface area contributed by atoms with Gasteiger partial charge in [0.2, 0.25) is 5.91 Å². The van der Waals surface area contributed by atoms with Gasteiger partial charge in [0, 0.05) is 25.8 Å². The number of likely N-dealkylation sites (N-methyl/N-ethyl adjacent to an activating group) is 1. The molecule has 1 saturated heterocycles. The van der Waals surface area contributed by atoms with Crippen molar-refractivity contribution in [3.63, 3.8) is 0 Å². The second kappa shape index (κ2) is 7.94. The Balaban J connectivity index is 1.63. The molecule has 0 atom stereocenters. The SMILES string of the molecule is CN(CC(=O)N1CCC(C(=O)O)CC1)C(=O)c1cc2c([nH]c1=O)CCCC2. The Morgan fingerprint density at radius 3 is 2.56 bits per heavy atom. The summed E-state index contributed by atoms with van der Waals surface area (Å²) < 4.78 is 0. The summed E-state index contributed by atoms with van der Waals surface area (Å²) in [6.07, 6.45) is 4.57. The minimum Gasteiger partial charge on any atom is -0.481 e. The van der Waals surface area contributed by atoms with Crippen molar-refractivity contribution in [1.29, 1.82) is 0 Å². The fourth-order valence-electron chi connectivity index (χ4n) is 3.79. The zero-order valence-corrected chi connectivity index (χ0v) is 15.5. The van der Waals surface area contributed by atoms with Crippen LogP contribution in [0.25, 0.3) is 0 Å². The minimum atomic E-state index is -0.832. The molecular formula is C19H25N3O5. The molecule has 2 aliphatic rings. The molecule has 2 heterocycles. The van der Waals surface area contributed by atoms with Gasteiger partial charge in [-0.15, -0.1) is 0 Å². The van der Waals surface area contributed by atoms with Crippen LogP contribution in [0.5, 0.6) is 0 Å². The molecule has 0 spiro atoms. The van der Waals surface area contributed by atoms with Crippen LogP contribution < -0.4 is 5.56 Å². The molecule has 0 saturated carbocycles. The van der Waals surface area contributed by atoms with Crippen LogP contribution in [-0.4, -0.2) is 64.4 Å².